The van der Waals surface area contributed by atoms with Crippen molar-refractivity contribution in [2.24, 2.45) is 0 Å². The van der Waals surface area contributed by atoms with Crippen molar-refractivity contribution in [1.82, 2.24) is 4.98 Å². The summed E-state index contributed by atoms with van der Waals surface area (Å²) >= 11 is 0. The van der Waals surface area contributed by atoms with E-state index < -0.39 is 10.0 Å². The second-order valence-corrected chi connectivity index (χ2v) is 6.93. The van der Waals surface area contributed by atoms with Gasteiger partial charge in [0.05, 0.1) is 4.90 Å². The third-order valence-corrected chi connectivity index (χ3v) is 4.75. The van der Waals surface area contributed by atoms with E-state index in [1.54, 1.807) is 49.6 Å². The fourth-order valence-corrected chi connectivity index (χ4v) is 3.27. The summed E-state index contributed by atoms with van der Waals surface area (Å²) in [5, 5.41) is 0. The molecule has 0 bridgehead atoms. The highest BCUT2D eigenvalue weighted by atomic mass is 32.2. The Hall–Kier alpha value is -2.60. The van der Waals surface area contributed by atoms with Crippen LogP contribution in [0.15, 0.2) is 64.1 Å². The number of oxazole rings is 1. The Morgan fingerprint density at radius 2 is 1.78 bits per heavy atom. The van der Waals surface area contributed by atoms with Crippen molar-refractivity contribution in [2.75, 3.05) is 4.72 Å². The molecule has 1 aromatic heterocycles. The second-order valence-electron chi connectivity index (χ2n) is 5.25. The van der Waals surface area contributed by atoms with Gasteiger partial charge in [-0.3, -0.25) is 4.72 Å². The molecule has 0 fully saturated rings. The van der Waals surface area contributed by atoms with E-state index in [1.165, 1.54) is 0 Å². The number of rotatable bonds is 4. The Morgan fingerprint density at radius 1 is 1.04 bits per heavy atom. The molecular formula is C17H16N2O3S. The monoisotopic (exact) mass is 328 g/mol. The van der Waals surface area contributed by atoms with Crippen molar-refractivity contribution in [3.05, 3.63) is 66.2 Å². The smallest absolute Gasteiger partial charge is 0.261 e. The Kier molecular flexibility index (Phi) is 3.92. The average molecular weight is 328 g/mol. The maximum absolute atomic E-state index is 12.4. The van der Waals surface area contributed by atoms with E-state index in [0.717, 1.165) is 11.1 Å². The van der Waals surface area contributed by atoms with Gasteiger partial charge in [0.2, 0.25) is 0 Å². The van der Waals surface area contributed by atoms with E-state index in [0.29, 0.717) is 17.3 Å². The summed E-state index contributed by atoms with van der Waals surface area (Å²) in [7, 11) is -3.62. The van der Waals surface area contributed by atoms with Gasteiger partial charge in [-0.2, -0.15) is 0 Å². The number of hydrogen-bond donors (Lipinski definition) is 1. The predicted octanol–water partition coefficient (Wildman–Crippen LogP) is 3.76. The van der Waals surface area contributed by atoms with Crippen molar-refractivity contribution < 1.29 is 12.8 Å². The van der Waals surface area contributed by atoms with Gasteiger partial charge in [-0.25, -0.2) is 13.4 Å². The molecule has 0 saturated carbocycles. The summed E-state index contributed by atoms with van der Waals surface area (Å²) in [4.78, 5) is 4.42. The number of nitrogens with zero attached hydrogens (tertiary/aromatic N) is 1. The number of aryl methyl sites for hydroxylation is 2. The number of sulfonamides is 1. The van der Waals surface area contributed by atoms with Crippen molar-refractivity contribution in [3.63, 3.8) is 0 Å². The first-order valence-electron chi connectivity index (χ1n) is 7.06. The summed E-state index contributed by atoms with van der Waals surface area (Å²) < 4.78 is 32.6. The molecule has 0 unspecified atom stereocenters. The molecule has 6 heteroatoms. The van der Waals surface area contributed by atoms with Crippen molar-refractivity contribution >= 4 is 15.7 Å². The zero-order chi connectivity index (χ0) is 16.4. The number of aromatic nitrogens is 1. The third kappa shape index (κ3) is 3.43. The summed E-state index contributed by atoms with van der Waals surface area (Å²) in [5.41, 5.74) is 3.01. The van der Waals surface area contributed by atoms with Crippen LogP contribution in [-0.2, 0) is 10.0 Å². The van der Waals surface area contributed by atoms with Crippen LogP contribution in [0.4, 0.5) is 5.69 Å². The Morgan fingerprint density at radius 3 is 2.39 bits per heavy atom. The lowest BCUT2D eigenvalue weighted by Crippen LogP contribution is -2.12. The lowest BCUT2D eigenvalue weighted by Gasteiger charge is -2.09. The minimum Gasteiger partial charge on any atom is -0.449 e. The number of benzene rings is 2. The van der Waals surface area contributed by atoms with E-state index >= 15 is 0 Å². The fraction of sp³-hybridized carbons (Fsp3) is 0.118. The van der Waals surface area contributed by atoms with Crippen molar-refractivity contribution in [2.45, 2.75) is 18.7 Å². The third-order valence-electron chi connectivity index (χ3n) is 3.35. The van der Waals surface area contributed by atoms with Gasteiger partial charge in [-0.05, 0) is 36.8 Å². The molecule has 118 valence electrons. The lowest BCUT2D eigenvalue weighted by atomic mass is 10.2. The van der Waals surface area contributed by atoms with Crippen LogP contribution < -0.4 is 4.72 Å². The molecule has 0 amide bonds. The van der Waals surface area contributed by atoms with Crippen LogP contribution in [-0.4, -0.2) is 13.4 Å². The summed E-state index contributed by atoms with van der Waals surface area (Å²) in [6.07, 6.45) is 1.55. The van der Waals surface area contributed by atoms with Crippen LogP contribution >= 0.6 is 0 Å². The van der Waals surface area contributed by atoms with Crippen LogP contribution in [0, 0.1) is 13.8 Å². The minimum absolute atomic E-state index is 0.197. The van der Waals surface area contributed by atoms with Crippen LogP contribution in [0.2, 0.25) is 0 Å². The van der Waals surface area contributed by atoms with Gasteiger partial charge in [-0.15, -0.1) is 0 Å². The molecular weight excluding hydrogens is 312 g/mol. The number of nitrogens with one attached hydrogen (secondary N) is 1. The molecule has 2 aromatic carbocycles. The molecule has 0 aliphatic heterocycles. The second kappa shape index (κ2) is 5.89. The average Bonchev–Trinajstić information content (AvgIpc) is 2.93. The highest BCUT2D eigenvalue weighted by Crippen LogP contribution is 2.22. The summed E-state index contributed by atoms with van der Waals surface area (Å²) in [6, 6.07) is 13.7. The maximum atomic E-state index is 12.4. The molecule has 3 rings (SSSR count). The maximum Gasteiger partial charge on any atom is 0.261 e. The first kappa shape index (κ1) is 15.3. The van der Waals surface area contributed by atoms with Gasteiger partial charge < -0.3 is 4.42 Å². The molecule has 0 spiro atoms. The SMILES string of the molecule is Cc1cccc(NS(=O)(=O)c2ccc(-c3coc(C)n3)cc2)c1. The van der Waals surface area contributed by atoms with E-state index in [1.807, 2.05) is 19.1 Å². The quantitative estimate of drug-likeness (QED) is 0.791. The molecule has 5 nitrogen and oxygen atoms in total. The molecule has 3 aromatic rings. The lowest BCUT2D eigenvalue weighted by molar-refractivity contribution is 0.521. The van der Waals surface area contributed by atoms with Crippen LogP contribution in [0.1, 0.15) is 11.5 Å². The summed E-state index contributed by atoms with van der Waals surface area (Å²) in [6.45, 7) is 3.67. The summed E-state index contributed by atoms with van der Waals surface area (Å²) in [5.74, 6) is 0.567. The van der Waals surface area contributed by atoms with Crippen molar-refractivity contribution in [1.29, 1.82) is 0 Å². The van der Waals surface area contributed by atoms with E-state index in [2.05, 4.69) is 9.71 Å². The van der Waals surface area contributed by atoms with Gasteiger partial charge in [0.15, 0.2) is 5.89 Å². The Labute approximate surface area is 135 Å². The highest BCUT2D eigenvalue weighted by molar-refractivity contribution is 7.92. The Bertz CT molecular complexity index is 928. The molecule has 0 saturated heterocycles. The molecule has 0 aliphatic rings. The van der Waals surface area contributed by atoms with E-state index in [9.17, 15) is 8.42 Å². The molecule has 1 N–H and O–H groups in total. The molecule has 0 aliphatic carbocycles. The van der Waals surface area contributed by atoms with Gasteiger partial charge in [0.1, 0.15) is 12.0 Å². The predicted molar refractivity (Wildman–Crippen MR) is 88.7 cm³/mol. The first-order chi connectivity index (χ1) is 10.9. The normalized spacial score (nSPS) is 11.4. The van der Waals surface area contributed by atoms with Crippen LogP contribution in [0.3, 0.4) is 0 Å². The largest absolute Gasteiger partial charge is 0.449 e. The molecule has 0 radical (unpaired) electrons. The van der Waals surface area contributed by atoms with E-state index in [-0.39, 0.29) is 4.90 Å². The van der Waals surface area contributed by atoms with Gasteiger partial charge in [0.25, 0.3) is 10.0 Å². The van der Waals surface area contributed by atoms with Gasteiger partial charge in [-0.1, -0.05) is 24.3 Å². The van der Waals surface area contributed by atoms with Gasteiger partial charge in [0, 0.05) is 18.2 Å². The molecule has 23 heavy (non-hydrogen) atoms. The molecule has 0 atom stereocenters. The fourth-order valence-electron chi connectivity index (χ4n) is 2.22. The Balaban J connectivity index is 1.86. The first-order valence-corrected chi connectivity index (χ1v) is 8.54. The highest BCUT2D eigenvalue weighted by Gasteiger charge is 2.14. The van der Waals surface area contributed by atoms with E-state index in [4.69, 9.17) is 4.42 Å². The van der Waals surface area contributed by atoms with Gasteiger partial charge >= 0.3 is 0 Å². The zero-order valence-electron chi connectivity index (χ0n) is 12.8. The number of hydrogen-bond acceptors (Lipinski definition) is 4. The number of anilines is 1. The van der Waals surface area contributed by atoms with Crippen molar-refractivity contribution in [3.8, 4) is 11.3 Å². The minimum atomic E-state index is -3.62. The zero-order valence-corrected chi connectivity index (χ0v) is 13.6. The van der Waals surface area contributed by atoms with Crippen LogP contribution in [0.25, 0.3) is 11.3 Å². The topological polar surface area (TPSA) is 72.2 Å². The molecule has 1 heterocycles. The van der Waals surface area contributed by atoms with Crippen LogP contribution in [0.5, 0.6) is 0 Å². The standard InChI is InChI=1S/C17H16N2O3S/c1-12-4-3-5-15(10-12)19-23(20,21)16-8-6-14(7-9-16)17-11-22-13(2)18-17/h3-11,19H,1-2H3.